The van der Waals surface area contributed by atoms with Crippen LogP contribution < -0.4 is 5.32 Å². The second kappa shape index (κ2) is 9.05. The first-order chi connectivity index (χ1) is 14.2. The van der Waals surface area contributed by atoms with Crippen molar-refractivity contribution in [2.45, 2.75) is 18.9 Å². The van der Waals surface area contributed by atoms with Crippen molar-refractivity contribution in [2.75, 3.05) is 19.6 Å². The van der Waals surface area contributed by atoms with Crippen LogP contribution in [-0.2, 0) is 24.8 Å². The van der Waals surface area contributed by atoms with Gasteiger partial charge in [0.25, 0.3) is 0 Å². The molecule has 1 saturated heterocycles. The number of nitrogens with one attached hydrogen (secondary N) is 1. The van der Waals surface area contributed by atoms with Crippen LogP contribution in [0.4, 0.5) is 0 Å². The van der Waals surface area contributed by atoms with E-state index >= 15 is 0 Å². The molecule has 0 unspecified atom stereocenters. The van der Waals surface area contributed by atoms with Crippen LogP contribution in [0.3, 0.4) is 0 Å². The third kappa shape index (κ3) is 4.74. The number of hydrogen-bond donors (Lipinski definition) is 1. The lowest BCUT2D eigenvalue weighted by Gasteiger charge is -2.28. The summed E-state index contributed by atoms with van der Waals surface area (Å²) in [6, 6.07) is 20.6. The molecule has 2 heterocycles. The Morgan fingerprint density at radius 2 is 1.76 bits per heavy atom. The van der Waals surface area contributed by atoms with E-state index in [2.05, 4.69) is 46.8 Å². The summed E-state index contributed by atoms with van der Waals surface area (Å²) >= 11 is 0. The number of amides is 1. The van der Waals surface area contributed by atoms with Crippen LogP contribution >= 0.6 is 0 Å². The summed E-state index contributed by atoms with van der Waals surface area (Å²) in [5.74, 6) is 0.341. The number of aromatic nitrogens is 2. The van der Waals surface area contributed by atoms with E-state index in [0.717, 1.165) is 30.6 Å². The molecule has 1 aliphatic heterocycles. The summed E-state index contributed by atoms with van der Waals surface area (Å²) in [5.41, 5.74) is 3.56. The third-order valence-electron chi connectivity index (χ3n) is 5.73. The average Bonchev–Trinajstić information content (AvgIpc) is 3.41. The van der Waals surface area contributed by atoms with E-state index in [4.69, 9.17) is 0 Å². The van der Waals surface area contributed by atoms with Crippen LogP contribution in [0.15, 0.2) is 73.1 Å². The van der Waals surface area contributed by atoms with Crippen molar-refractivity contribution in [1.82, 2.24) is 20.0 Å². The van der Waals surface area contributed by atoms with Gasteiger partial charge < -0.3 is 10.2 Å². The van der Waals surface area contributed by atoms with Crippen LogP contribution in [0.5, 0.6) is 0 Å². The smallest absolute Gasteiger partial charge is 0.227 e. The standard InChI is InChI=1S/C24H28N4O/c1-27-18-21(14-26-27)22-15-25-16-23(22)24(29)28(17-20-10-6-3-7-11-20)13-12-19-8-4-2-5-9-19/h2-11,14,18,22-23,25H,12-13,15-17H2,1H3/t22-,23+/m1/s1. The van der Waals surface area contributed by atoms with Crippen molar-refractivity contribution in [3.8, 4) is 0 Å². The second-order valence-electron chi connectivity index (χ2n) is 7.80. The minimum Gasteiger partial charge on any atom is -0.338 e. The predicted molar refractivity (Wildman–Crippen MR) is 114 cm³/mol. The maximum atomic E-state index is 13.6. The minimum absolute atomic E-state index is 0.0568. The molecule has 5 nitrogen and oxygen atoms in total. The second-order valence-corrected chi connectivity index (χ2v) is 7.80. The van der Waals surface area contributed by atoms with Gasteiger partial charge in [0, 0.05) is 45.3 Å². The van der Waals surface area contributed by atoms with Gasteiger partial charge in [-0.3, -0.25) is 9.48 Å². The van der Waals surface area contributed by atoms with E-state index in [9.17, 15) is 4.79 Å². The largest absolute Gasteiger partial charge is 0.338 e. The van der Waals surface area contributed by atoms with Crippen molar-refractivity contribution < 1.29 is 4.79 Å². The zero-order valence-electron chi connectivity index (χ0n) is 16.9. The van der Waals surface area contributed by atoms with E-state index in [1.807, 2.05) is 53.3 Å². The van der Waals surface area contributed by atoms with Gasteiger partial charge in [0.2, 0.25) is 5.91 Å². The van der Waals surface area contributed by atoms with E-state index in [0.29, 0.717) is 13.1 Å². The van der Waals surface area contributed by atoms with Gasteiger partial charge in [0.15, 0.2) is 0 Å². The van der Waals surface area contributed by atoms with E-state index in [1.165, 1.54) is 5.56 Å². The number of carbonyl (C=O) groups is 1. The first kappa shape index (κ1) is 19.4. The molecule has 0 saturated carbocycles. The number of rotatable bonds is 7. The van der Waals surface area contributed by atoms with Gasteiger partial charge in [-0.25, -0.2) is 0 Å². The highest BCUT2D eigenvalue weighted by molar-refractivity contribution is 5.80. The summed E-state index contributed by atoms with van der Waals surface area (Å²) in [4.78, 5) is 15.7. The van der Waals surface area contributed by atoms with Crippen molar-refractivity contribution in [2.24, 2.45) is 13.0 Å². The highest BCUT2D eigenvalue weighted by Gasteiger charge is 2.37. The SMILES string of the molecule is Cn1cc([C@H]2CNC[C@@H]2C(=O)N(CCc2ccccc2)Cc2ccccc2)cn1. The fourth-order valence-corrected chi connectivity index (χ4v) is 4.13. The lowest BCUT2D eigenvalue weighted by Crippen LogP contribution is -2.39. The molecule has 3 aromatic rings. The molecular weight excluding hydrogens is 360 g/mol. The van der Waals surface area contributed by atoms with Crippen molar-refractivity contribution in [1.29, 1.82) is 0 Å². The molecule has 4 rings (SSSR count). The number of hydrogen-bond acceptors (Lipinski definition) is 3. The minimum atomic E-state index is -0.0568. The van der Waals surface area contributed by atoms with Gasteiger partial charge >= 0.3 is 0 Å². The average molecular weight is 389 g/mol. The Bertz CT molecular complexity index is 922. The molecule has 1 fully saturated rings. The Labute approximate surface area is 172 Å². The molecule has 1 amide bonds. The Hall–Kier alpha value is -2.92. The molecule has 5 heteroatoms. The lowest BCUT2D eigenvalue weighted by atomic mass is 9.89. The van der Waals surface area contributed by atoms with Gasteiger partial charge in [0.1, 0.15) is 0 Å². The normalized spacial score (nSPS) is 18.7. The molecular formula is C24H28N4O. The highest BCUT2D eigenvalue weighted by atomic mass is 16.2. The number of carbonyl (C=O) groups excluding carboxylic acids is 1. The maximum Gasteiger partial charge on any atom is 0.227 e. The molecule has 1 aliphatic rings. The molecule has 0 aliphatic carbocycles. The number of aryl methyl sites for hydroxylation is 1. The van der Waals surface area contributed by atoms with Crippen molar-refractivity contribution >= 4 is 5.91 Å². The van der Waals surface area contributed by atoms with Gasteiger partial charge in [-0.05, 0) is 23.1 Å². The molecule has 29 heavy (non-hydrogen) atoms. The van der Waals surface area contributed by atoms with Gasteiger partial charge in [-0.1, -0.05) is 60.7 Å². The van der Waals surface area contributed by atoms with Crippen LogP contribution in [0.1, 0.15) is 22.6 Å². The Morgan fingerprint density at radius 3 is 2.41 bits per heavy atom. The monoisotopic (exact) mass is 388 g/mol. The van der Waals surface area contributed by atoms with Crippen LogP contribution in [0, 0.1) is 5.92 Å². The van der Waals surface area contributed by atoms with E-state index in [1.54, 1.807) is 0 Å². The van der Waals surface area contributed by atoms with Crippen LogP contribution in [0.25, 0.3) is 0 Å². The predicted octanol–water partition coefficient (Wildman–Crippen LogP) is 2.99. The topological polar surface area (TPSA) is 50.2 Å². The Balaban J connectivity index is 1.52. The quantitative estimate of drug-likeness (QED) is 0.677. The Kier molecular flexibility index (Phi) is 6.06. The zero-order chi connectivity index (χ0) is 20.1. The molecule has 2 aromatic carbocycles. The van der Waals surface area contributed by atoms with E-state index in [-0.39, 0.29) is 17.7 Å². The van der Waals surface area contributed by atoms with E-state index < -0.39 is 0 Å². The lowest BCUT2D eigenvalue weighted by molar-refractivity contribution is -0.136. The Morgan fingerprint density at radius 1 is 1.07 bits per heavy atom. The van der Waals surface area contributed by atoms with Crippen molar-refractivity contribution in [3.63, 3.8) is 0 Å². The summed E-state index contributed by atoms with van der Waals surface area (Å²) in [6.45, 7) is 2.89. The summed E-state index contributed by atoms with van der Waals surface area (Å²) in [7, 11) is 1.92. The summed E-state index contributed by atoms with van der Waals surface area (Å²) in [5, 5.41) is 7.73. The van der Waals surface area contributed by atoms with Crippen LogP contribution in [0.2, 0.25) is 0 Å². The molecule has 1 N–H and O–H groups in total. The number of benzene rings is 2. The number of nitrogens with zero attached hydrogens (tertiary/aromatic N) is 3. The fourth-order valence-electron chi connectivity index (χ4n) is 4.13. The van der Waals surface area contributed by atoms with Gasteiger partial charge in [-0.15, -0.1) is 0 Å². The van der Waals surface area contributed by atoms with Gasteiger partial charge in [0.05, 0.1) is 12.1 Å². The van der Waals surface area contributed by atoms with Gasteiger partial charge in [-0.2, -0.15) is 5.10 Å². The highest BCUT2D eigenvalue weighted by Crippen LogP contribution is 2.30. The molecule has 2 atom stereocenters. The van der Waals surface area contributed by atoms with Crippen LogP contribution in [-0.4, -0.2) is 40.2 Å². The molecule has 1 aromatic heterocycles. The maximum absolute atomic E-state index is 13.6. The first-order valence-electron chi connectivity index (χ1n) is 10.3. The molecule has 0 radical (unpaired) electrons. The summed E-state index contributed by atoms with van der Waals surface area (Å²) < 4.78 is 1.81. The van der Waals surface area contributed by atoms with Crippen molar-refractivity contribution in [3.05, 3.63) is 89.7 Å². The first-order valence-corrected chi connectivity index (χ1v) is 10.3. The fraction of sp³-hybridized carbons (Fsp3) is 0.333. The molecule has 0 bridgehead atoms. The molecule has 0 spiro atoms. The zero-order valence-corrected chi connectivity index (χ0v) is 16.9. The molecule has 150 valence electrons. The third-order valence-corrected chi connectivity index (χ3v) is 5.73. The summed E-state index contributed by atoms with van der Waals surface area (Å²) in [6.07, 6.45) is 4.78.